The van der Waals surface area contributed by atoms with Gasteiger partial charge in [0.15, 0.2) is 0 Å². The fourth-order valence-corrected chi connectivity index (χ4v) is 2.96. The lowest BCUT2D eigenvalue weighted by molar-refractivity contribution is -0.137. The highest BCUT2D eigenvalue weighted by atomic mass is 32.2. The minimum atomic E-state index is -3.17. The smallest absolute Gasteiger partial charge is 0.242 e. The Morgan fingerprint density at radius 3 is 2.32 bits per heavy atom. The topological polar surface area (TPSA) is 92.5 Å². The summed E-state index contributed by atoms with van der Waals surface area (Å²) in [5.41, 5.74) is 5.12. The van der Waals surface area contributed by atoms with Gasteiger partial charge in [0.25, 0.3) is 0 Å². The largest absolute Gasteiger partial charge is 0.341 e. The minimum Gasteiger partial charge on any atom is -0.341 e. The maximum atomic E-state index is 12.2. The molecule has 1 heterocycles. The zero-order valence-corrected chi connectivity index (χ0v) is 12.8. The van der Waals surface area contributed by atoms with Gasteiger partial charge in [-0.3, -0.25) is 4.79 Å². The second kappa shape index (κ2) is 6.19. The normalized spacial score (nSPS) is 21.2. The number of hydrogen-bond acceptors (Lipinski definition) is 4. The first-order valence-electron chi connectivity index (χ1n) is 6.80. The van der Waals surface area contributed by atoms with Crippen molar-refractivity contribution in [2.24, 2.45) is 5.73 Å². The fraction of sp³-hybridized carbons (Fsp3) is 0.917. The summed E-state index contributed by atoms with van der Waals surface area (Å²) >= 11 is 0. The van der Waals surface area contributed by atoms with Crippen molar-refractivity contribution in [2.75, 3.05) is 18.8 Å². The lowest BCUT2D eigenvalue weighted by atomic mass is 9.96. The van der Waals surface area contributed by atoms with E-state index in [0.717, 1.165) is 0 Å². The number of likely N-dealkylation sites (tertiary alicyclic amines) is 1. The monoisotopic (exact) mass is 291 g/mol. The first kappa shape index (κ1) is 16.4. The standard InChI is InChI=1S/C12H25N3O3S/c1-4-12(3,13)11(16)15-8-6-10(7-9-15)14-19(17,18)5-2/h10,14H,4-9,13H2,1-3H3. The summed E-state index contributed by atoms with van der Waals surface area (Å²) in [7, 11) is -3.17. The molecule has 0 saturated carbocycles. The van der Waals surface area contributed by atoms with Gasteiger partial charge in [0.2, 0.25) is 15.9 Å². The van der Waals surface area contributed by atoms with E-state index in [1.54, 1.807) is 18.7 Å². The average molecular weight is 291 g/mol. The summed E-state index contributed by atoms with van der Waals surface area (Å²) in [5, 5.41) is 0. The molecular weight excluding hydrogens is 266 g/mol. The summed E-state index contributed by atoms with van der Waals surface area (Å²) < 4.78 is 25.6. The Kier molecular flexibility index (Phi) is 5.34. The van der Waals surface area contributed by atoms with Crippen LogP contribution in [0.25, 0.3) is 0 Å². The molecule has 1 atom stereocenters. The summed E-state index contributed by atoms with van der Waals surface area (Å²) in [5.74, 6) is 0.0369. The van der Waals surface area contributed by atoms with Gasteiger partial charge in [-0.05, 0) is 33.1 Å². The maximum Gasteiger partial charge on any atom is 0.242 e. The van der Waals surface area contributed by atoms with E-state index >= 15 is 0 Å². The number of sulfonamides is 1. The molecule has 0 bridgehead atoms. The number of amides is 1. The van der Waals surface area contributed by atoms with Crippen LogP contribution in [0.5, 0.6) is 0 Å². The minimum absolute atomic E-state index is 0.0493. The summed E-state index contributed by atoms with van der Waals surface area (Å²) in [4.78, 5) is 13.9. The van der Waals surface area contributed by atoms with Gasteiger partial charge in [-0.15, -0.1) is 0 Å². The molecular formula is C12H25N3O3S. The van der Waals surface area contributed by atoms with Gasteiger partial charge in [0.05, 0.1) is 11.3 Å². The predicted octanol–water partition coefficient (Wildman–Crippen LogP) is 0.0441. The first-order valence-corrected chi connectivity index (χ1v) is 8.45. The van der Waals surface area contributed by atoms with Gasteiger partial charge in [-0.2, -0.15) is 0 Å². The molecule has 1 amide bonds. The van der Waals surface area contributed by atoms with Crippen LogP contribution in [0.1, 0.15) is 40.0 Å². The molecule has 1 saturated heterocycles. The molecule has 7 heteroatoms. The van der Waals surface area contributed by atoms with Gasteiger partial charge in [-0.25, -0.2) is 13.1 Å². The van der Waals surface area contributed by atoms with Crippen molar-refractivity contribution in [1.82, 2.24) is 9.62 Å². The Morgan fingerprint density at radius 2 is 1.89 bits per heavy atom. The summed E-state index contributed by atoms with van der Waals surface area (Å²) in [6, 6.07) is -0.0698. The quantitative estimate of drug-likeness (QED) is 0.748. The number of carbonyl (C=O) groups is 1. The van der Waals surface area contributed by atoms with E-state index in [0.29, 0.717) is 32.4 Å². The number of piperidine rings is 1. The van der Waals surface area contributed by atoms with Crippen LogP contribution in [0.4, 0.5) is 0 Å². The summed E-state index contributed by atoms with van der Waals surface area (Å²) in [6.07, 6.45) is 1.88. The molecule has 0 aromatic rings. The van der Waals surface area contributed by atoms with Crippen LogP contribution in [0.15, 0.2) is 0 Å². The average Bonchev–Trinajstić information content (AvgIpc) is 2.38. The molecule has 0 aliphatic carbocycles. The SMILES string of the molecule is CCC(C)(N)C(=O)N1CCC(NS(=O)(=O)CC)CC1. The van der Waals surface area contributed by atoms with Gasteiger partial charge in [0, 0.05) is 19.1 Å². The third-order valence-electron chi connectivity index (χ3n) is 3.73. The number of nitrogens with two attached hydrogens (primary N) is 1. The van der Waals surface area contributed by atoms with Crippen LogP contribution in [0.2, 0.25) is 0 Å². The van der Waals surface area contributed by atoms with Gasteiger partial charge >= 0.3 is 0 Å². The lowest BCUT2D eigenvalue weighted by Crippen LogP contribution is -2.56. The van der Waals surface area contributed by atoms with E-state index in [-0.39, 0.29) is 17.7 Å². The van der Waals surface area contributed by atoms with E-state index in [1.807, 2.05) is 6.92 Å². The molecule has 0 aromatic carbocycles. The van der Waals surface area contributed by atoms with Gasteiger partial charge in [0.1, 0.15) is 0 Å². The van der Waals surface area contributed by atoms with Crippen LogP contribution in [0, 0.1) is 0 Å². The van der Waals surface area contributed by atoms with Crippen molar-refractivity contribution >= 4 is 15.9 Å². The van der Waals surface area contributed by atoms with E-state index < -0.39 is 15.6 Å². The molecule has 0 spiro atoms. The Balaban J connectivity index is 2.52. The van der Waals surface area contributed by atoms with Crippen molar-refractivity contribution in [1.29, 1.82) is 0 Å². The van der Waals surface area contributed by atoms with Crippen LogP contribution in [-0.4, -0.2) is 49.6 Å². The second-order valence-corrected chi connectivity index (χ2v) is 7.40. The zero-order valence-electron chi connectivity index (χ0n) is 12.0. The molecule has 1 rings (SSSR count). The van der Waals surface area contributed by atoms with Crippen molar-refractivity contribution in [2.45, 2.75) is 51.6 Å². The van der Waals surface area contributed by atoms with Crippen LogP contribution in [0.3, 0.4) is 0 Å². The third-order valence-corrected chi connectivity index (χ3v) is 5.18. The Labute approximate surface area is 115 Å². The molecule has 1 unspecified atom stereocenters. The maximum absolute atomic E-state index is 12.2. The van der Waals surface area contributed by atoms with Crippen LogP contribution in [-0.2, 0) is 14.8 Å². The number of nitrogens with zero attached hydrogens (tertiary/aromatic N) is 1. The van der Waals surface area contributed by atoms with E-state index in [2.05, 4.69) is 4.72 Å². The highest BCUT2D eigenvalue weighted by Gasteiger charge is 2.33. The van der Waals surface area contributed by atoms with Crippen molar-refractivity contribution in [3.8, 4) is 0 Å². The van der Waals surface area contributed by atoms with Gasteiger partial charge in [-0.1, -0.05) is 6.92 Å². The van der Waals surface area contributed by atoms with Crippen molar-refractivity contribution < 1.29 is 13.2 Å². The Hall–Kier alpha value is -0.660. The highest BCUT2D eigenvalue weighted by Crippen LogP contribution is 2.16. The Morgan fingerprint density at radius 1 is 1.37 bits per heavy atom. The molecule has 1 aliphatic heterocycles. The second-order valence-electron chi connectivity index (χ2n) is 5.36. The highest BCUT2D eigenvalue weighted by molar-refractivity contribution is 7.89. The van der Waals surface area contributed by atoms with Crippen molar-refractivity contribution in [3.05, 3.63) is 0 Å². The van der Waals surface area contributed by atoms with E-state index in [1.165, 1.54) is 0 Å². The molecule has 3 N–H and O–H groups in total. The fourth-order valence-electron chi connectivity index (χ4n) is 2.05. The van der Waals surface area contributed by atoms with E-state index in [9.17, 15) is 13.2 Å². The number of rotatable bonds is 5. The number of nitrogens with one attached hydrogen (secondary N) is 1. The lowest BCUT2D eigenvalue weighted by Gasteiger charge is -2.36. The van der Waals surface area contributed by atoms with Crippen LogP contribution >= 0.6 is 0 Å². The van der Waals surface area contributed by atoms with Gasteiger partial charge < -0.3 is 10.6 Å². The zero-order chi connectivity index (χ0) is 14.7. The number of carbonyl (C=O) groups excluding carboxylic acids is 1. The first-order chi connectivity index (χ1) is 8.72. The van der Waals surface area contributed by atoms with E-state index in [4.69, 9.17) is 5.73 Å². The summed E-state index contributed by atoms with van der Waals surface area (Å²) in [6.45, 7) is 6.36. The molecule has 0 radical (unpaired) electrons. The molecule has 1 aliphatic rings. The molecule has 0 aromatic heterocycles. The van der Waals surface area contributed by atoms with Crippen molar-refractivity contribution in [3.63, 3.8) is 0 Å². The Bertz CT molecular complexity index is 412. The number of hydrogen-bond donors (Lipinski definition) is 2. The molecule has 6 nitrogen and oxygen atoms in total. The molecule has 1 fully saturated rings. The predicted molar refractivity (Wildman–Crippen MR) is 75.1 cm³/mol. The molecule has 112 valence electrons. The molecule has 19 heavy (non-hydrogen) atoms. The van der Waals surface area contributed by atoms with Crippen LogP contribution < -0.4 is 10.5 Å². The third kappa shape index (κ3) is 4.43.